The van der Waals surface area contributed by atoms with Gasteiger partial charge < -0.3 is 9.15 Å². The van der Waals surface area contributed by atoms with E-state index in [1.54, 1.807) is 18.3 Å². The molecule has 0 N–H and O–H groups in total. The van der Waals surface area contributed by atoms with Gasteiger partial charge in [-0.15, -0.1) is 0 Å². The summed E-state index contributed by atoms with van der Waals surface area (Å²) < 4.78 is 15.2. The van der Waals surface area contributed by atoms with Crippen LogP contribution in [0.25, 0.3) is 33.5 Å². The van der Waals surface area contributed by atoms with Crippen LogP contribution in [0.2, 0.25) is 0 Å². The number of furan rings is 1. The van der Waals surface area contributed by atoms with Gasteiger partial charge in [0.05, 0.1) is 23.7 Å². The lowest BCUT2D eigenvalue weighted by Gasteiger charge is -2.19. The smallest absolute Gasteiger partial charge is 0.282 e. The Labute approximate surface area is 224 Å². The standard InChI is InChI=1S/C28H23Br2N3O3/c1-28(2,3)16-35-23-10-8-20(30)13-18(23)15-31-33-26(32-22-7-5-4-6-21(22)27(33)34)25-14-17-12-19(29)9-11-24(17)36-25/h4-15H,16H2,1-3H3. The van der Waals surface area contributed by atoms with Gasteiger partial charge in [0.1, 0.15) is 11.3 Å². The van der Waals surface area contributed by atoms with Crippen LogP contribution in [0.15, 0.2) is 90.0 Å². The predicted octanol–water partition coefficient (Wildman–Crippen LogP) is 7.64. The first kappa shape index (κ1) is 24.5. The van der Waals surface area contributed by atoms with Crippen LogP contribution in [0.4, 0.5) is 0 Å². The molecule has 0 aliphatic rings. The molecule has 0 aliphatic carbocycles. The number of fused-ring (bicyclic) bond motifs is 2. The number of ether oxygens (including phenoxy) is 1. The lowest BCUT2D eigenvalue weighted by molar-refractivity contribution is 0.197. The van der Waals surface area contributed by atoms with Crippen molar-refractivity contribution in [1.82, 2.24) is 9.66 Å². The second-order valence-corrected chi connectivity index (χ2v) is 11.5. The summed E-state index contributed by atoms with van der Waals surface area (Å²) in [5.74, 6) is 1.43. The number of nitrogens with zero attached hydrogens (tertiary/aromatic N) is 3. The lowest BCUT2D eigenvalue weighted by Crippen LogP contribution is -2.20. The van der Waals surface area contributed by atoms with Gasteiger partial charge in [0, 0.05) is 19.9 Å². The maximum absolute atomic E-state index is 13.5. The maximum atomic E-state index is 13.5. The van der Waals surface area contributed by atoms with E-state index in [2.05, 4.69) is 57.7 Å². The number of rotatable bonds is 5. The third-order valence-electron chi connectivity index (χ3n) is 5.40. The summed E-state index contributed by atoms with van der Waals surface area (Å²) in [6.45, 7) is 6.86. The molecule has 3 aromatic carbocycles. The van der Waals surface area contributed by atoms with E-state index in [-0.39, 0.29) is 11.0 Å². The van der Waals surface area contributed by atoms with Crippen molar-refractivity contribution in [3.63, 3.8) is 0 Å². The van der Waals surface area contributed by atoms with E-state index >= 15 is 0 Å². The molecule has 2 aromatic heterocycles. The molecule has 0 unspecified atom stereocenters. The van der Waals surface area contributed by atoms with Gasteiger partial charge in [-0.05, 0) is 60.0 Å². The van der Waals surface area contributed by atoms with Crippen LogP contribution in [0.3, 0.4) is 0 Å². The molecule has 5 rings (SSSR count). The summed E-state index contributed by atoms with van der Waals surface area (Å²) in [5, 5.41) is 5.94. The molecule has 8 heteroatoms. The van der Waals surface area contributed by atoms with Crippen LogP contribution < -0.4 is 10.3 Å². The van der Waals surface area contributed by atoms with Crippen molar-refractivity contribution in [2.24, 2.45) is 10.5 Å². The Morgan fingerprint density at radius 3 is 2.58 bits per heavy atom. The first-order valence-corrected chi connectivity index (χ1v) is 12.9. The lowest BCUT2D eigenvalue weighted by atomic mass is 9.99. The van der Waals surface area contributed by atoms with Crippen molar-refractivity contribution in [2.45, 2.75) is 20.8 Å². The average molecular weight is 609 g/mol. The van der Waals surface area contributed by atoms with Gasteiger partial charge in [-0.3, -0.25) is 4.79 Å². The molecule has 2 heterocycles. The first-order chi connectivity index (χ1) is 17.2. The molecule has 0 saturated heterocycles. The molecule has 0 aliphatic heterocycles. The van der Waals surface area contributed by atoms with Crippen molar-refractivity contribution < 1.29 is 9.15 Å². The maximum Gasteiger partial charge on any atom is 0.282 e. The summed E-state index contributed by atoms with van der Waals surface area (Å²) in [6, 6.07) is 20.5. The molecule has 0 atom stereocenters. The van der Waals surface area contributed by atoms with Gasteiger partial charge in [-0.1, -0.05) is 64.8 Å². The van der Waals surface area contributed by atoms with Crippen LogP contribution in [-0.4, -0.2) is 22.5 Å². The third-order valence-corrected chi connectivity index (χ3v) is 6.38. The van der Waals surface area contributed by atoms with Crippen molar-refractivity contribution in [2.75, 3.05) is 6.61 Å². The van der Waals surface area contributed by atoms with E-state index < -0.39 is 0 Å². The normalized spacial score (nSPS) is 12.1. The van der Waals surface area contributed by atoms with Crippen LogP contribution in [0, 0.1) is 5.41 Å². The fraction of sp³-hybridized carbons (Fsp3) is 0.179. The molecule has 36 heavy (non-hydrogen) atoms. The number of hydrogen-bond donors (Lipinski definition) is 0. The quantitative estimate of drug-likeness (QED) is 0.192. The van der Waals surface area contributed by atoms with Crippen molar-refractivity contribution in [3.05, 3.63) is 91.6 Å². The van der Waals surface area contributed by atoms with Gasteiger partial charge in [0.15, 0.2) is 5.76 Å². The molecule has 0 radical (unpaired) electrons. The van der Waals surface area contributed by atoms with Gasteiger partial charge in [-0.2, -0.15) is 9.78 Å². The van der Waals surface area contributed by atoms with E-state index in [1.807, 2.05) is 54.6 Å². The summed E-state index contributed by atoms with van der Waals surface area (Å²) in [5.41, 5.74) is 1.69. The Morgan fingerprint density at radius 1 is 1.03 bits per heavy atom. The highest BCUT2D eigenvalue weighted by Crippen LogP contribution is 2.30. The zero-order chi connectivity index (χ0) is 25.4. The second-order valence-electron chi connectivity index (χ2n) is 9.64. The van der Waals surface area contributed by atoms with Crippen molar-refractivity contribution in [1.29, 1.82) is 0 Å². The minimum absolute atomic E-state index is 0.00978. The fourth-order valence-electron chi connectivity index (χ4n) is 3.68. The Hall–Kier alpha value is -3.23. The zero-order valence-electron chi connectivity index (χ0n) is 20.0. The SMILES string of the molecule is CC(C)(C)COc1ccc(Br)cc1C=Nn1c(-c2cc3cc(Br)ccc3o2)nc2ccccc2c1=O. The predicted molar refractivity (Wildman–Crippen MR) is 151 cm³/mol. The third kappa shape index (κ3) is 5.15. The molecule has 6 nitrogen and oxygen atoms in total. The highest BCUT2D eigenvalue weighted by atomic mass is 79.9. The first-order valence-electron chi connectivity index (χ1n) is 11.4. The Bertz CT molecular complexity index is 1680. The number of benzene rings is 3. The zero-order valence-corrected chi connectivity index (χ0v) is 23.1. The van der Waals surface area contributed by atoms with Gasteiger partial charge in [0.2, 0.25) is 5.82 Å². The van der Waals surface area contributed by atoms with Crippen LogP contribution in [0.5, 0.6) is 5.75 Å². The average Bonchev–Trinajstić information content (AvgIpc) is 3.25. The van der Waals surface area contributed by atoms with E-state index in [0.29, 0.717) is 40.4 Å². The van der Waals surface area contributed by atoms with Crippen LogP contribution in [0.1, 0.15) is 26.3 Å². The molecular formula is C28H23Br2N3O3. The number of para-hydroxylation sites is 1. The Kier molecular flexibility index (Phi) is 6.57. The highest BCUT2D eigenvalue weighted by molar-refractivity contribution is 9.10. The summed E-state index contributed by atoms with van der Waals surface area (Å²) in [6.07, 6.45) is 1.61. The number of hydrogen-bond acceptors (Lipinski definition) is 5. The topological polar surface area (TPSA) is 69.6 Å². The molecule has 5 aromatic rings. The van der Waals surface area contributed by atoms with E-state index in [4.69, 9.17) is 14.1 Å². The molecule has 182 valence electrons. The Balaban J connectivity index is 1.66. The Morgan fingerprint density at radius 2 is 1.78 bits per heavy atom. The minimum Gasteiger partial charge on any atom is -0.492 e. The highest BCUT2D eigenvalue weighted by Gasteiger charge is 2.17. The van der Waals surface area contributed by atoms with Crippen LogP contribution in [-0.2, 0) is 0 Å². The van der Waals surface area contributed by atoms with Crippen molar-refractivity contribution >= 4 is 59.9 Å². The molecule has 0 saturated carbocycles. The number of aromatic nitrogens is 2. The fourth-order valence-corrected chi connectivity index (χ4v) is 4.44. The second kappa shape index (κ2) is 9.67. The van der Waals surface area contributed by atoms with Gasteiger partial charge >= 0.3 is 0 Å². The van der Waals surface area contributed by atoms with Crippen LogP contribution >= 0.6 is 31.9 Å². The molecule has 0 fully saturated rings. The van der Waals surface area contributed by atoms with Gasteiger partial charge in [-0.25, -0.2) is 4.98 Å². The van der Waals surface area contributed by atoms with E-state index in [0.717, 1.165) is 19.9 Å². The van der Waals surface area contributed by atoms with E-state index in [1.165, 1.54) is 4.68 Å². The number of halogens is 2. The summed E-state index contributed by atoms with van der Waals surface area (Å²) >= 11 is 7.01. The van der Waals surface area contributed by atoms with Gasteiger partial charge in [0.25, 0.3) is 5.56 Å². The molecular weight excluding hydrogens is 586 g/mol. The molecule has 0 bridgehead atoms. The summed E-state index contributed by atoms with van der Waals surface area (Å²) in [4.78, 5) is 18.3. The molecule has 0 amide bonds. The largest absolute Gasteiger partial charge is 0.492 e. The monoisotopic (exact) mass is 607 g/mol. The molecule has 0 spiro atoms. The van der Waals surface area contributed by atoms with E-state index in [9.17, 15) is 4.79 Å². The van der Waals surface area contributed by atoms with Crippen molar-refractivity contribution in [3.8, 4) is 17.3 Å². The minimum atomic E-state index is -0.291. The summed E-state index contributed by atoms with van der Waals surface area (Å²) in [7, 11) is 0.